The van der Waals surface area contributed by atoms with Gasteiger partial charge < -0.3 is 4.18 Å². The lowest BCUT2D eigenvalue weighted by molar-refractivity contribution is -0.385. The van der Waals surface area contributed by atoms with Gasteiger partial charge in [0.15, 0.2) is 0 Å². The van der Waals surface area contributed by atoms with Crippen LogP contribution in [0.3, 0.4) is 0 Å². The van der Waals surface area contributed by atoms with E-state index in [9.17, 15) is 18.5 Å². The van der Waals surface area contributed by atoms with Crippen molar-refractivity contribution in [3.05, 3.63) is 88.6 Å². The highest BCUT2D eigenvalue weighted by molar-refractivity contribution is 7.87. The maximum Gasteiger partial charge on any atom is 0.339 e. The molecule has 0 saturated carbocycles. The van der Waals surface area contributed by atoms with Crippen molar-refractivity contribution in [1.29, 1.82) is 0 Å². The molecule has 3 aromatic rings. The van der Waals surface area contributed by atoms with Crippen LogP contribution in [-0.2, 0) is 10.1 Å². The predicted molar refractivity (Wildman–Crippen MR) is 103 cm³/mol. The Hall–Kier alpha value is -3.79. The molecule has 9 nitrogen and oxygen atoms in total. The van der Waals surface area contributed by atoms with Gasteiger partial charge in [0.05, 0.1) is 11.1 Å². The van der Waals surface area contributed by atoms with Crippen molar-refractivity contribution < 1.29 is 17.5 Å². The SMILES string of the molecule is O=[N+]([O-])c1ccc(N/N=C\c2ccc(OS(=O)(=O)c3ccccc3)cc2)nc1. The Bertz CT molecular complexity index is 1080. The molecule has 1 aromatic heterocycles. The third-order valence-corrected chi connectivity index (χ3v) is 4.73. The highest BCUT2D eigenvalue weighted by Gasteiger charge is 2.15. The van der Waals surface area contributed by atoms with E-state index in [2.05, 4.69) is 15.5 Å². The van der Waals surface area contributed by atoms with Crippen molar-refractivity contribution in [3.63, 3.8) is 0 Å². The topological polar surface area (TPSA) is 124 Å². The Labute approximate surface area is 160 Å². The maximum atomic E-state index is 12.2. The molecule has 0 aliphatic carbocycles. The zero-order valence-electron chi connectivity index (χ0n) is 14.3. The van der Waals surface area contributed by atoms with Crippen LogP contribution in [-0.4, -0.2) is 24.5 Å². The summed E-state index contributed by atoms with van der Waals surface area (Å²) >= 11 is 0. The molecule has 0 fully saturated rings. The number of hydrogen-bond donors (Lipinski definition) is 1. The van der Waals surface area contributed by atoms with Gasteiger partial charge in [0, 0.05) is 6.07 Å². The van der Waals surface area contributed by atoms with E-state index in [1.807, 2.05) is 0 Å². The Balaban J connectivity index is 1.61. The van der Waals surface area contributed by atoms with Crippen molar-refractivity contribution in [2.45, 2.75) is 4.90 Å². The van der Waals surface area contributed by atoms with Gasteiger partial charge in [0.1, 0.15) is 22.7 Å². The zero-order chi connectivity index (χ0) is 20.0. The molecule has 2 aromatic carbocycles. The van der Waals surface area contributed by atoms with Gasteiger partial charge in [-0.1, -0.05) is 18.2 Å². The first kappa shape index (κ1) is 19.0. The second-order valence-electron chi connectivity index (χ2n) is 5.45. The molecule has 1 heterocycles. The van der Waals surface area contributed by atoms with E-state index in [0.717, 1.165) is 6.20 Å². The third kappa shape index (κ3) is 4.89. The van der Waals surface area contributed by atoms with Gasteiger partial charge in [-0.2, -0.15) is 13.5 Å². The molecule has 0 unspecified atom stereocenters. The summed E-state index contributed by atoms with van der Waals surface area (Å²) in [6, 6.07) is 16.9. The minimum absolute atomic E-state index is 0.0698. The van der Waals surface area contributed by atoms with Gasteiger partial charge in [-0.05, 0) is 48.0 Å². The third-order valence-electron chi connectivity index (χ3n) is 3.47. The monoisotopic (exact) mass is 398 g/mol. The Kier molecular flexibility index (Phi) is 5.61. The average Bonchev–Trinajstić information content (AvgIpc) is 2.70. The molecule has 0 atom stereocenters. The van der Waals surface area contributed by atoms with Crippen molar-refractivity contribution in [2.24, 2.45) is 5.10 Å². The van der Waals surface area contributed by atoms with Crippen LogP contribution < -0.4 is 9.61 Å². The second kappa shape index (κ2) is 8.27. The normalized spacial score (nSPS) is 11.3. The van der Waals surface area contributed by atoms with Gasteiger partial charge in [0.25, 0.3) is 5.69 Å². The van der Waals surface area contributed by atoms with Crippen LogP contribution in [0.5, 0.6) is 5.75 Å². The first-order valence-corrected chi connectivity index (χ1v) is 9.34. The minimum atomic E-state index is -3.89. The molecule has 0 radical (unpaired) electrons. The summed E-state index contributed by atoms with van der Waals surface area (Å²) in [5.41, 5.74) is 3.21. The minimum Gasteiger partial charge on any atom is -0.379 e. The van der Waals surface area contributed by atoms with Crippen molar-refractivity contribution in [3.8, 4) is 5.75 Å². The van der Waals surface area contributed by atoms with E-state index in [1.54, 1.807) is 30.3 Å². The van der Waals surface area contributed by atoms with E-state index in [1.165, 1.54) is 42.6 Å². The van der Waals surface area contributed by atoms with E-state index in [-0.39, 0.29) is 16.3 Å². The van der Waals surface area contributed by atoms with Crippen LogP contribution in [0.2, 0.25) is 0 Å². The lowest BCUT2D eigenvalue weighted by Crippen LogP contribution is -2.09. The number of hydrogen-bond acceptors (Lipinski definition) is 8. The fourth-order valence-electron chi connectivity index (χ4n) is 2.10. The van der Waals surface area contributed by atoms with Gasteiger partial charge in [0.2, 0.25) is 0 Å². The summed E-state index contributed by atoms with van der Waals surface area (Å²) in [5.74, 6) is 0.516. The Morgan fingerprint density at radius 2 is 1.75 bits per heavy atom. The maximum absolute atomic E-state index is 12.2. The van der Waals surface area contributed by atoms with Crippen LogP contribution >= 0.6 is 0 Å². The Morgan fingerprint density at radius 3 is 2.36 bits per heavy atom. The molecular weight excluding hydrogens is 384 g/mol. The summed E-state index contributed by atoms with van der Waals surface area (Å²) in [4.78, 5) is 14.0. The Morgan fingerprint density at radius 1 is 1.04 bits per heavy atom. The second-order valence-corrected chi connectivity index (χ2v) is 6.99. The number of anilines is 1. The predicted octanol–water partition coefficient (Wildman–Crippen LogP) is 3.20. The molecule has 0 bridgehead atoms. The molecule has 0 amide bonds. The molecule has 0 aliphatic heterocycles. The smallest absolute Gasteiger partial charge is 0.339 e. The number of benzene rings is 2. The van der Waals surface area contributed by atoms with E-state index in [4.69, 9.17) is 4.18 Å². The van der Waals surface area contributed by atoms with Crippen LogP contribution in [0.15, 0.2) is 82.9 Å². The van der Waals surface area contributed by atoms with E-state index in [0.29, 0.717) is 11.4 Å². The average molecular weight is 398 g/mol. The highest BCUT2D eigenvalue weighted by Crippen LogP contribution is 2.18. The summed E-state index contributed by atoms with van der Waals surface area (Å²) in [5, 5.41) is 14.5. The number of rotatable bonds is 7. The fourth-order valence-corrected chi connectivity index (χ4v) is 3.06. The molecule has 0 saturated heterocycles. The number of aromatic nitrogens is 1. The summed E-state index contributed by atoms with van der Waals surface area (Å²) in [6.45, 7) is 0. The molecular formula is C18H14N4O5S. The quantitative estimate of drug-likeness (QED) is 0.280. The summed E-state index contributed by atoms with van der Waals surface area (Å²) in [6.07, 6.45) is 2.61. The van der Waals surface area contributed by atoms with Gasteiger partial charge in [-0.25, -0.2) is 4.98 Å². The van der Waals surface area contributed by atoms with Crippen LogP contribution in [0.1, 0.15) is 5.56 Å². The zero-order valence-corrected chi connectivity index (χ0v) is 15.1. The van der Waals surface area contributed by atoms with Crippen molar-refractivity contribution in [1.82, 2.24) is 4.98 Å². The lowest BCUT2D eigenvalue weighted by atomic mass is 10.2. The largest absolute Gasteiger partial charge is 0.379 e. The molecule has 1 N–H and O–H groups in total. The molecule has 3 rings (SSSR count). The molecule has 142 valence electrons. The van der Waals surface area contributed by atoms with Crippen LogP contribution in [0.25, 0.3) is 0 Å². The van der Waals surface area contributed by atoms with E-state index < -0.39 is 15.0 Å². The fraction of sp³-hybridized carbons (Fsp3) is 0. The standard InChI is InChI=1S/C18H14N4O5S/c23-22(24)15-8-11-18(19-13-15)21-20-12-14-6-9-16(10-7-14)27-28(25,26)17-4-2-1-3-5-17/h1-13H,(H,19,21)/b20-12-. The first-order chi connectivity index (χ1) is 13.4. The first-order valence-electron chi connectivity index (χ1n) is 7.93. The number of nitro groups is 1. The van der Waals surface area contributed by atoms with Crippen LogP contribution in [0, 0.1) is 10.1 Å². The number of nitrogens with zero attached hydrogens (tertiary/aromatic N) is 3. The van der Waals surface area contributed by atoms with E-state index >= 15 is 0 Å². The number of pyridine rings is 1. The summed E-state index contributed by atoms with van der Waals surface area (Å²) in [7, 11) is -3.89. The van der Waals surface area contributed by atoms with Crippen molar-refractivity contribution in [2.75, 3.05) is 5.43 Å². The molecule has 0 aliphatic rings. The van der Waals surface area contributed by atoms with Crippen molar-refractivity contribution >= 4 is 27.8 Å². The van der Waals surface area contributed by atoms with Gasteiger partial charge >= 0.3 is 10.1 Å². The molecule has 10 heteroatoms. The summed E-state index contributed by atoms with van der Waals surface area (Å²) < 4.78 is 29.4. The molecule has 0 spiro atoms. The highest BCUT2D eigenvalue weighted by atomic mass is 32.2. The number of nitrogens with one attached hydrogen (secondary N) is 1. The van der Waals surface area contributed by atoms with Gasteiger partial charge in [-0.3, -0.25) is 15.5 Å². The molecule has 28 heavy (non-hydrogen) atoms. The van der Waals surface area contributed by atoms with Gasteiger partial charge in [-0.15, -0.1) is 0 Å². The van der Waals surface area contributed by atoms with Crippen LogP contribution in [0.4, 0.5) is 11.5 Å². The lowest BCUT2D eigenvalue weighted by Gasteiger charge is -2.07. The number of hydrazone groups is 1.